The zero-order valence-corrected chi connectivity index (χ0v) is 11.0. The van der Waals surface area contributed by atoms with Gasteiger partial charge in [0, 0.05) is 13.0 Å². The van der Waals surface area contributed by atoms with Crippen LogP contribution in [0.25, 0.3) is 0 Å². The van der Waals surface area contributed by atoms with Gasteiger partial charge in [-0.15, -0.1) is 0 Å². The van der Waals surface area contributed by atoms with Gasteiger partial charge in [-0.05, 0) is 37.5 Å². The smallest absolute Gasteiger partial charge is 0.389 e. The zero-order valence-electron chi connectivity index (χ0n) is 11.0. The quantitative estimate of drug-likeness (QED) is 0.773. The van der Waals surface area contributed by atoms with Gasteiger partial charge in [-0.1, -0.05) is 13.8 Å². The van der Waals surface area contributed by atoms with Crippen molar-refractivity contribution in [3.05, 3.63) is 0 Å². The molecule has 1 fully saturated rings. The first kappa shape index (κ1) is 15.8. The van der Waals surface area contributed by atoms with Crippen molar-refractivity contribution in [1.29, 1.82) is 0 Å². The third-order valence-electron chi connectivity index (χ3n) is 3.68. The molecule has 1 aliphatic carbocycles. The van der Waals surface area contributed by atoms with Crippen molar-refractivity contribution < 1.29 is 23.0 Å². The summed E-state index contributed by atoms with van der Waals surface area (Å²) in [6, 6.07) is 0. The largest absolute Gasteiger partial charge is 0.390 e. The molecule has 0 radical (unpaired) electrons. The van der Waals surface area contributed by atoms with Gasteiger partial charge in [0.15, 0.2) is 0 Å². The van der Waals surface area contributed by atoms with E-state index >= 15 is 0 Å². The number of ether oxygens (including phenoxy) is 1. The number of rotatable bonds is 5. The van der Waals surface area contributed by atoms with Crippen LogP contribution in [0.4, 0.5) is 13.2 Å². The highest BCUT2D eigenvalue weighted by Crippen LogP contribution is 2.32. The van der Waals surface area contributed by atoms with Crippen molar-refractivity contribution in [3.8, 4) is 0 Å². The fourth-order valence-corrected chi connectivity index (χ4v) is 2.44. The minimum atomic E-state index is -4.12. The second-order valence-corrected chi connectivity index (χ2v) is 5.51. The summed E-state index contributed by atoms with van der Waals surface area (Å²) in [6.07, 6.45) is -3.36. The highest BCUT2D eigenvalue weighted by Gasteiger charge is 2.31. The first-order valence-electron chi connectivity index (χ1n) is 6.66. The highest BCUT2D eigenvalue weighted by molar-refractivity contribution is 4.81. The first-order valence-corrected chi connectivity index (χ1v) is 6.66. The van der Waals surface area contributed by atoms with Crippen LogP contribution in [0, 0.1) is 11.8 Å². The van der Waals surface area contributed by atoms with Gasteiger partial charge in [0.1, 0.15) is 0 Å². The molecule has 0 aliphatic heterocycles. The maximum Gasteiger partial charge on any atom is 0.389 e. The molecule has 5 heteroatoms. The Morgan fingerprint density at radius 2 is 1.94 bits per heavy atom. The lowest BCUT2D eigenvalue weighted by atomic mass is 9.79. The molecule has 0 aromatic rings. The van der Waals surface area contributed by atoms with Crippen molar-refractivity contribution in [2.24, 2.45) is 11.8 Å². The Balaban J connectivity index is 2.27. The van der Waals surface area contributed by atoms with Crippen LogP contribution in [0.2, 0.25) is 0 Å². The maximum atomic E-state index is 12.0. The van der Waals surface area contributed by atoms with Gasteiger partial charge < -0.3 is 9.84 Å². The predicted molar refractivity (Wildman–Crippen MR) is 63.2 cm³/mol. The third kappa shape index (κ3) is 5.57. The van der Waals surface area contributed by atoms with Gasteiger partial charge >= 0.3 is 6.18 Å². The molecule has 1 N–H and O–H groups in total. The number of alkyl halides is 3. The van der Waals surface area contributed by atoms with E-state index < -0.39 is 18.7 Å². The Bertz CT molecular complexity index is 241. The van der Waals surface area contributed by atoms with Crippen LogP contribution < -0.4 is 0 Å². The fourth-order valence-electron chi connectivity index (χ4n) is 2.44. The summed E-state index contributed by atoms with van der Waals surface area (Å²) >= 11 is 0. The summed E-state index contributed by atoms with van der Waals surface area (Å²) in [5.41, 5.74) is 0. The standard InChI is InChI=1S/C13H23F3O2/c1-9(2)10-4-5-11(17)12(8-10)18-7-3-6-13(14,15)16/h9-12,17H,3-8H2,1-2H3. The third-order valence-corrected chi connectivity index (χ3v) is 3.68. The van der Waals surface area contributed by atoms with Crippen molar-refractivity contribution in [1.82, 2.24) is 0 Å². The molecule has 0 amide bonds. The summed E-state index contributed by atoms with van der Waals surface area (Å²) in [4.78, 5) is 0. The van der Waals surface area contributed by atoms with E-state index in [1.54, 1.807) is 0 Å². The SMILES string of the molecule is CC(C)C1CCC(O)C(OCCCC(F)(F)F)C1. The number of aliphatic hydroxyl groups is 1. The Labute approximate surface area is 107 Å². The molecule has 0 aromatic heterocycles. The Kier molecular flexibility index (Phi) is 5.92. The Morgan fingerprint density at radius 3 is 2.50 bits per heavy atom. The molecule has 1 saturated carbocycles. The summed E-state index contributed by atoms with van der Waals surface area (Å²) in [7, 11) is 0. The Morgan fingerprint density at radius 1 is 1.28 bits per heavy atom. The van der Waals surface area contributed by atoms with E-state index in [9.17, 15) is 18.3 Å². The molecule has 0 bridgehead atoms. The van der Waals surface area contributed by atoms with E-state index in [-0.39, 0.29) is 19.1 Å². The van der Waals surface area contributed by atoms with Gasteiger partial charge in [0.05, 0.1) is 12.2 Å². The average Bonchev–Trinajstić information content (AvgIpc) is 2.24. The lowest BCUT2D eigenvalue weighted by molar-refractivity contribution is -0.142. The molecule has 108 valence electrons. The van der Waals surface area contributed by atoms with Crippen LogP contribution in [0.15, 0.2) is 0 Å². The Hall–Kier alpha value is -0.290. The number of hydrogen-bond donors (Lipinski definition) is 1. The number of aliphatic hydroxyl groups excluding tert-OH is 1. The predicted octanol–water partition coefficient (Wildman–Crippen LogP) is 3.53. The number of halogens is 3. The lowest BCUT2D eigenvalue weighted by Crippen LogP contribution is -2.37. The fraction of sp³-hybridized carbons (Fsp3) is 1.00. The minimum Gasteiger partial charge on any atom is -0.390 e. The summed E-state index contributed by atoms with van der Waals surface area (Å²) in [5, 5.41) is 9.78. The second kappa shape index (κ2) is 6.75. The maximum absolute atomic E-state index is 12.0. The second-order valence-electron chi connectivity index (χ2n) is 5.51. The summed E-state index contributed by atoms with van der Waals surface area (Å²) in [6.45, 7) is 4.33. The van der Waals surface area contributed by atoms with Crippen LogP contribution in [0.1, 0.15) is 46.0 Å². The molecular weight excluding hydrogens is 245 g/mol. The lowest BCUT2D eigenvalue weighted by Gasteiger charge is -2.35. The molecule has 1 rings (SSSR count). The molecule has 18 heavy (non-hydrogen) atoms. The van der Waals surface area contributed by atoms with Gasteiger partial charge in [0.2, 0.25) is 0 Å². The van der Waals surface area contributed by atoms with Gasteiger partial charge in [-0.3, -0.25) is 0 Å². The van der Waals surface area contributed by atoms with Gasteiger partial charge in [-0.2, -0.15) is 13.2 Å². The van der Waals surface area contributed by atoms with Crippen molar-refractivity contribution in [2.45, 2.75) is 64.3 Å². The van der Waals surface area contributed by atoms with E-state index in [1.165, 1.54) is 0 Å². The minimum absolute atomic E-state index is 0.0287. The van der Waals surface area contributed by atoms with Crippen LogP contribution in [-0.4, -0.2) is 30.1 Å². The van der Waals surface area contributed by atoms with Gasteiger partial charge in [0.25, 0.3) is 0 Å². The molecule has 2 nitrogen and oxygen atoms in total. The molecular formula is C13H23F3O2. The topological polar surface area (TPSA) is 29.5 Å². The monoisotopic (exact) mass is 268 g/mol. The average molecular weight is 268 g/mol. The molecule has 3 unspecified atom stereocenters. The molecule has 0 heterocycles. The molecule has 3 atom stereocenters. The normalized spacial score (nSPS) is 29.8. The van der Waals surface area contributed by atoms with Crippen molar-refractivity contribution >= 4 is 0 Å². The van der Waals surface area contributed by atoms with E-state index in [1.807, 2.05) is 0 Å². The van der Waals surface area contributed by atoms with Crippen LogP contribution in [0.3, 0.4) is 0 Å². The van der Waals surface area contributed by atoms with Crippen LogP contribution >= 0.6 is 0 Å². The van der Waals surface area contributed by atoms with Crippen LogP contribution in [-0.2, 0) is 4.74 Å². The van der Waals surface area contributed by atoms with E-state index in [2.05, 4.69) is 13.8 Å². The molecule has 0 spiro atoms. The number of hydrogen-bond acceptors (Lipinski definition) is 2. The molecule has 1 aliphatic rings. The van der Waals surface area contributed by atoms with E-state index in [0.717, 1.165) is 12.8 Å². The van der Waals surface area contributed by atoms with Crippen molar-refractivity contribution in [3.63, 3.8) is 0 Å². The van der Waals surface area contributed by atoms with E-state index in [0.29, 0.717) is 18.3 Å². The first-order chi connectivity index (χ1) is 8.29. The molecule has 0 aromatic carbocycles. The summed E-state index contributed by atoms with van der Waals surface area (Å²) < 4.78 is 41.3. The van der Waals surface area contributed by atoms with Gasteiger partial charge in [-0.25, -0.2) is 0 Å². The zero-order chi connectivity index (χ0) is 13.8. The molecule has 0 saturated heterocycles. The highest BCUT2D eigenvalue weighted by atomic mass is 19.4. The van der Waals surface area contributed by atoms with E-state index in [4.69, 9.17) is 4.74 Å². The van der Waals surface area contributed by atoms with Crippen LogP contribution in [0.5, 0.6) is 0 Å². The van der Waals surface area contributed by atoms with Crippen molar-refractivity contribution in [2.75, 3.05) is 6.61 Å². The summed E-state index contributed by atoms with van der Waals surface area (Å²) in [5.74, 6) is 1.03.